The van der Waals surface area contributed by atoms with Crippen LogP contribution in [0.1, 0.15) is 18.6 Å². The summed E-state index contributed by atoms with van der Waals surface area (Å²) in [6.45, 7) is 2.49. The van der Waals surface area contributed by atoms with Crippen LogP contribution in [-0.2, 0) is 14.8 Å². The van der Waals surface area contributed by atoms with Crippen molar-refractivity contribution in [1.82, 2.24) is 13.1 Å². The fourth-order valence-corrected chi connectivity index (χ4v) is 5.43. The SMILES string of the molecule is C[C@@H]1CO[C@H](c2ccccc2)CN1S(=O)(=O)c1cccc2nsnc12. The van der Waals surface area contributed by atoms with Crippen LogP contribution in [0, 0.1) is 0 Å². The number of nitrogens with zero attached hydrogens (tertiary/aromatic N) is 3. The number of hydrogen-bond acceptors (Lipinski definition) is 6. The first-order valence-electron chi connectivity index (χ1n) is 7.97. The molecule has 0 unspecified atom stereocenters. The molecular formula is C17H17N3O3S2. The Hall–Kier alpha value is -1.87. The molecule has 0 amide bonds. The standard InChI is InChI=1S/C17H17N3O3S2/c1-12-11-23-15(13-6-3-2-4-7-13)10-20(12)25(21,22)16-9-5-8-14-17(16)19-24-18-14/h2-9,12,15H,10-11H2,1H3/t12-,15+/m1/s1. The molecule has 3 aromatic rings. The summed E-state index contributed by atoms with van der Waals surface area (Å²) in [5, 5.41) is 0. The molecule has 6 nitrogen and oxygen atoms in total. The summed E-state index contributed by atoms with van der Waals surface area (Å²) in [5.74, 6) is 0. The van der Waals surface area contributed by atoms with Crippen LogP contribution in [0.3, 0.4) is 0 Å². The highest BCUT2D eigenvalue weighted by Crippen LogP contribution is 2.31. The lowest BCUT2D eigenvalue weighted by Gasteiger charge is -2.37. The van der Waals surface area contributed by atoms with E-state index in [1.807, 2.05) is 37.3 Å². The molecule has 130 valence electrons. The van der Waals surface area contributed by atoms with Crippen molar-refractivity contribution in [3.63, 3.8) is 0 Å². The van der Waals surface area contributed by atoms with Crippen molar-refractivity contribution in [2.24, 2.45) is 0 Å². The van der Waals surface area contributed by atoms with E-state index in [2.05, 4.69) is 8.75 Å². The molecule has 0 saturated carbocycles. The van der Waals surface area contributed by atoms with Crippen molar-refractivity contribution in [2.75, 3.05) is 13.2 Å². The molecule has 8 heteroatoms. The van der Waals surface area contributed by atoms with Crippen molar-refractivity contribution < 1.29 is 13.2 Å². The van der Waals surface area contributed by atoms with Crippen molar-refractivity contribution in [2.45, 2.75) is 24.0 Å². The third-order valence-corrected chi connectivity index (χ3v) is 6.94. The zero-order valence-corrected chi connectivity index (χ0v) is 15.2. The van der Waals surface area contributed by atoms with Crippen molar-refractivity contribution >= 4 is 32.8 Å². The van der Waals surface area contributed by atoms with Gasteiger partial charge in [-0.3, -0.25) is 0 Å². The predicted molar refractivity (Wildman–Crippen MR) is 95.9 cm³/mol. The number of hydrogen-bond donors (Lipinski definition) is 0. The van der Waals surface area contributed by atoms with Crippen LogP contribution in [0.25, 0.3) is 11.0 Å². The second kappa shape index (κ2) is 6.45. The molecule has 1 aliphatic rings. The fraction of sp³-hybridized carbons (Fsp3) is 0.294. The van der Waals surface area contributed by atoms with Crippen molar-refractivity contribution in [1.29, 1.82) is 0 Å². The predicted octanol–water partition coefficient (Wildman–Crippen LogP) is 2.84. The van der Waals surface area contributed by atoms with Gasteiger partial charge in [-0.1, -0.05) is 36.4 Å². The zero-order valence-electron chi connectivity index (χ0n) is 13.6. The Morgan fingerprint density at radius 2 is 1.92 bits per heavy atom. The molecule has 0 spiro atoms. The van der Waals surface area contributed by atoms with Crippen LogP contribution in [0.15, 0.2) is 53.4 Å². The highest BCUT2D eigenvalue weighted by molar-refractivity contribution is 7.89. The highest BCUT2D eigenvalue weighted by atomic mass is 32.2. The Labute approximate surface area is 150 Å². The summed E-state index contributed by atoms with van der Waals surface area (Å²) in [4.78, 5) is 0.208. The smallest absolute Gasteiger partial charge is 0.245 e. The molecule has 4 rings (SSSR count). The average Bonchev–Trinajstić information content (AvgIpc) is 3.11. The molecule has 25 heavy (non-hydrogen) atoms. The van der Waals surface area contributed by atoms with E-state index in [1.165, 1.54) is 4.31 Å². The second-order valence-electron chi connectivity index (χ2n) is 6.04. The minimum absolute atomic E-state index is 0.208. The number of morpholine rings is 1. The molecule has 1 fully saturated rings. The van der Waals surface area contributed by atoms with Gasteiger partial charge in [0.25, 0.3) is 0 Å². The molecule has 0 bridgehead atoms. The third kappa shape index (κ3) is 2.95. The number of aromatic nitrogens is 2. The van der Waals surface area contributed by atoms with E-state index in [4.69, 9.17) is 4.74 Å². The van der Waals surface area contributed by atoms with E-state index >= 15 is 0 Å². The Morgan fingerprint density at radius 3 is 2.72 bits per heavy atom. The average molecular weight is 375 g/mol. The van der Waals surface area contributed by atoms with Gasteiger partial charge in [0.15, 0.2) is 0 Å². The van der Waals surface area contributed by atoms with Crippen LogP contribution < -0.4 is 0 Å². The van der Waals surface area contributed by atoms with Gasteiger partial charge in [0.05, 0.1) is 24.4 Å². The van der Waals surface area contributed by atoms with E-state index in [-0.39, 0.29) is 23.6 Å². The Morgan fingerprint density at radius 1 is 1.12 bits per heavy atom. The van der Waals surface area contributed by atoms with Crippen molar-refractivity contribution in [3.8, 4) is 0 Å². The third-order valence-electron chi connectivity index (χ3n) is 4.38. The van der Waals surface area contributed by atoms with Crippen molar-refractivity contribution in [3.05, 3.63) is 54.1 Å². The minimum Gasteiger partial charge on any atom is -0.370 e. The summed E-state index contributed by atoms with van der Waals surface area (Å²) < 4.78 is 42.3. The maximum Gasteiger partial charge on any atom is 0.245 e. The monoisotopic (exact) mass is 375 g/mol. The summed E-state index contributed by atoms with van der Waals surface area (Å²) in [7, 11) is -3.69. The molecule has 2 heterocycles. The molecule has 0 aliphatic carbocycles. The van der Waals surface area contributed by atoms with Crippen LogP contribution in [0.5, 0.6) is 0 Å². The maximum atomic E-state index is 13.3. The minimum atomic E-state index is -3.69. The maximum absolute atomic E-state index is 13.3. The summed E-state index contributed by atoms with van der Waals surface area (Å²) in [6.07, 6.45) is -0.278. The first-order chi connectivity index (χ1) is 12.1. The molecular weight excluding hydrogens is 358 g/mol. The molecule has 0 radical (unpaired) electrons. The Bertz CT molecular complexity index is 989. The van der Waals surface area contributed by atoms with Gasteiger partial charge in [-0.25, -0.2) is 8.42 Å². The lowest BCUT2D eigenvalue weighted by Crippen LogP contribution is -2.48. The lowest BCUT2D eigenvalue weighted by atomic mass is 10.1. The largest absolute Gasteiger partial charge is 0.370 e. The number of fused-ring (bicyclic) bond motifs is 1. The Balaban J connectivity index is 1.72. The van der Waals surface area contributed by atoms with Crippen LogP contribution in [0.2, 0.25) is 0 Å². The topological polar surface area (TPSA) is 72.4 Å². The van der Waals surface area contributed by atoms with Crippen LogP contribution in [0.4, 0.5) is 0 Å². The lowest BCUT2D eigenvalue weighted by molar-refractivity contribution is -0.0288. The summed E-state index contributed by atoms with van der Waals surface area (Å²) in [5.41, 5.74) is 2.01. The zero-order chi connectivity index (χ0) is 17.4. The first-order valence-corrected chi connectivity index (χ1v) is 10.1. The molecule has 1 aliphatic heterocycles. The van der Waals surface area contributed by atoms with Crippen LogP contribution in [-0.4, -0.2) is 40.7 Å². The van der Waals surface area contributed by atoms with Gasteiger partial charge in [-0.05, 0) is 24.6 Å². The number of sulfonamides is 1. The number of rotatable bonds is 3. The van der Waals surface area contributed by atoms with Gasteiger partial charge in [0.2, 0.25) is 10.0 Å². The summed E-state index contributed by atoms with van der Waals surface area (Å²) in [6, 6.07) is 14.5. The molecule has 1 saturated heterocycles. The molecule has 1 aromatic heterocycles. The molecule has 0 N–H and O–H groups in total. The first kappa shape index (κ1) is 16.6. The van der Waals surface area contributed by atoms with Gasteiger partial charge >= 0.3 is 0 Å². The normalized spacial score (nSPS) is 22.3. The fourth-order valence-electron chi connectivity index (χ4n) is 3.05. The summed E-state index contributed by atoms with van der Waals surface area (Å²) >= 11 is 1.02. The van der Waals surface area contributed by atoms with Gasteiger partial charge in [-0.15, -0.1) is 0 Å². The van der Waals surface area contributed by atoms with Gasteiger partial charge < -0.3 is 4.74 Å². The molecule has 2 atom stereocenters. The van der Waals surface area contributed by atoms with E-state index in [0.717, 1.165) is 17.3 Å². The van der Waals surface area contributed by atoms with Gasteiger partial charge in [0, 0.05) is 12.6 Å². The molecule has 2 aromatic carbocycles. The van der Waals surface area contributed by atoms with E-state index in [0.29, 0.717) is 17.6 Å². The quantitative estimate of drug-likeness (QED) is 0.704. The van der Waals surface area contributed by atoms with Crippen LogP contribution >= 0.6 is 11.7 Å². The van der Waals surface area contributed by atoms with E-state index < -0.39 is 10.0 Å². The second-order valence-corrected chi connectivity index (χ2v) is 8.43. The van der Waals surface area contributed by atoms with Gasteiger partial charge in [0.1, 0.15) is 15.9 Å². The number of benzene rings is 2. The van der Waals surface area contributed by atoms with E-state index in [1.54, 1.807) is 18.2 Å². The Kier molecular flexibility index (Phi) is 4.28. The van der Waals surface area contributed by atoms with Gasteiger partial charge in [-0.2, -0.15) is 13.1 Å². The number of ether oxygens (including phenoxy) is 1. The van der Waals surface area contributed by atoms with E-state index in [9.17, 15) is 8.42 Å². The highest BCUT2D eigenvalue weighted by Gasteiger charge is 2.37.